The van der Waals surface area contributed by atoms with E-state index >= 15 is 0 Å². The highest BCUT2D eigenvalue weighted by Gasteiger charge is 2.55. The first-order valence-electron chi connectivity index (χ1n) is 10.5. The average molecular weight is 446 g/mol. The fourth-order valence-electron chi connectivity index (χ4n) is 4.21. The molecule has 1 aromatic carbocycles. The number of nitrogens with one attached hydrogen (secondary N) is 2. The van der Waals surface area contributed by atoms with Crippen molar-refractivity contribution < 1.29 is 18.3 Å². The Hall–Kier alpha value is -2.72. The smallest absolute Gasteiger partial charge is 0.319 e. The zero-order valence-electron chi connectivity index (χ0n) is 17.2. The van der Waals surface area contributed by atoms with Crippen LogP contribution in [-0.4, -0.2) is 47.9 Å². The van der Waals surface area contributed by atoms with Gasteiger partial charge in [-0.3, -0.25) is 0 Å². The van der Waals surface area contributed by atoms with E-state index in [1.165, 1.54) is 0 Å². The Morgan fingerprint density at radius 3 is 2.45 bits per heavy atom. The van der Waals surface area contributed by atoms with Crippen molar-refractivity contribution in [1.82, 2.24) is 15.3 Å². The molecule has 2 aromatic rings. The number of urea groups is 1. The van der Waals surface area contributed by atoms with Crippen LogP contribution in [0.1, 0.15) is 44.2 Å². The highest BCUT2D eigenvalue weighted by Crippen LogP contribution is 2.51. The van der Waals surface area contributed by atoms with Gasteiger partial charge < -0.3 is 21.5 Å². The summed E-state index contributed by atoms with van der Waals surface area (Å²) in [5.74, 6) is 0.603. The number of carbonyl (C=O) groups excluding carboxylic acids is 1. The number of nitrogen functional groups attached to an aromatic ring is 1. The molecule has 0 atom stereocenters. The molecule has 2 fully saturated rings. The van der Waals surface area contributed by atoms with Gasteiger partial charge in [0, 0.05) is 23.9 Å². The van der Waals surface area contributed by atoms with Gasteiger partial charge in [-0.15, -0.1) is 0 Å². The van der Waals surface area contributed by atoms with Crippen LogP contribution in [0.5, 0.6) is 0 Å². The van der Waals surface area contributed by atoms with Crippen molar-refractivity contribution in [3.8, 4) is 11.4 Å². The summed E-state index contributed by atoms with van der Waals surface area (Å²) in [5.41, 5.74) is 7.79. The van der Waals surface area contributed by atoms with E-state index in [0.717, 1.165) is 25.7 Å². The molecule has 9 nitrogen and oxygen atoms in total. The third kappa shape index (κ3) is 4.22. The van der Waals surface area contributed by atoms with E-state index < -0.39 is 20.6 Å². The molecule has 0 bridgehead atoms. The number of nitrogens with two attached hydrogens (primary N) is 1. The van der Waals surface area contributed by atoms with Crippen molar-refractivity contribution in [3.05, 3.63) is 36.0 Å². The third-order valence-electron chi connectivity index (χ3n) is 5.93. The number of hydrogen-bond acceptors (Lipinski definition) is 7. The van der Waals surface area contributed by atoms with Gasteiger partial charge >= 0.3 is 6.03 Å². The molecule has 1 aromatic heterocycles. The Kier molecular flexibility index (Phi) is 5.85. The Bertz CT molecular complexity index is 1060. The molecule has 2 aliphatic rings. The van der Waals surface area contributed by atoms with Gasteiger partial charge in [0.15, 0.2) is 15.7 Å². The normalized spacial score (nSPS) is 18.0. The van der Waals surface area contributed by atoms with Gasteiger partial charge in [-0.1, -0.05) is 12.8 Å². The molecule has 2 amide bonds. The second-order valence-electron chi connectivity index (χ2n) is 8.13. The lowest BCUT2D eigenvalue weighted by Gasteiger charge is -2.29. The van der Waals surface area contributed by atoms with Gasteiger partial charge in [0.2, 0.25) is 0 Å². The summed E-state index contributed by atoms with van der Waals surface area (Å²) in [7, 11) is -3.34. The predicted octanol–water partition coefficient (Wildman–Crippen LogP) is 2.19. The lowest BCUT2D eigenvalue weighted by molar-refractivity contribution is 0.245. The van der Waals surface area contributed by atoms with E-state index in [-0.39, 0.29) is 24.2 Å². The second-order valence-corrected chi connectivity index (χ2v) is 10.7. The average Bonchev–Trinajstić information content (AvgIpc) is 3.49. The Labute approximate surface area is 181 Å². The molecule has 1 heterocycles. The van der Waals surface area contributed by atoms with Gasteiger partial charge in [-0.25, -0.2) is 23.2 Å². The highest BCUT2D eigenvalue weighted by atomic mass is 32.2. The van der Waals surface area contributed by atoms with Crippen molar-refractivity contribution >= 4 is 27.4 Å². The number of hydrogen-bond donors (Lipinski definition) is 4. The number of aromatic nitrogens is 2. The molecule has 2 aliphatic carbocycles. The van der Waals surface area contributed by atoms with Crippen LogP contribution in [0.4, 0.5) is 16.3 Å². The molecule has 0 saturated heterocycles. The number of rotatable bonds is 7. The first-order valence-corrected chi connectivity index (χ1v) is 12.0. The SMILES string of the molecule is Nc1cc(C2(S(=O)(=O)C3CC3)CCCC2)nc(-c2ccc(NC(=O)NCCO)cc2)n1. The summed E-state index contributed by atoms with van der Waals surface area (Å²) in [6, 6.07) is 8.08. The minimum absolute atomic E-state index is 0.139. The summed E-state index contributed by atoms with van der Waals surface area (Å²) >= 11 is 0. The van der Waals surface area contributed by atoms with E-state index in [1.807, 2.05) is 0 Å². The standard InChI is InChI=1S/C21H27N5O4S/c22-18-13-17(21(9-1-2-10-21)31(29,30)16-7-8-16)25-19(26-18)14-3-5-15(6-4-14)24-20(28)23-11-12-27/h3-6,13,16,27H,1-2,7-12H2,(H2,22,25,26)(H2,23,24,28). The van der Waals surface area contributed by atoms with Gasteiger partial charge in [0.1, 0.15) is 10.6 Å². The van der Waals surface area contributed by atoms with Crippen LogP contribution in [0.2, 0.25) is 0 Å². The molecule has 166 valence electrons. The fraction of sp³-hybridized carbons (Fsp3) is 0.476. The number of benzene rings is 1. The lowest BCUT2D eigenvalue weighted by Crippen LogP contribution is -2.37. The molecule has 10 heteroatoms. The van der Waals surface area contributed by atoms with Crippen molar-refractivity contribution in [2.45, 2.75) is 48.5 Å². The quantitative estimate of drug-likeness (QED) is 0.510. The molecule has 2 saturated carbocycles. The van der Waals surface area contributed by atoms with E-state index in [9.17, 15) is 13.2 Å². The van der Waals surface area contributed by atoms with Gasteiger partial charge in [0.05, 0.1) is 17.6 Å². The molecule has 31 heavy (non-hydrogen) atoms. The van der Waals surface area contributed by atoms with Gasteiger partial charge in [0.25, 0.3) is 0 Å². The molecule has 4 rings (SSSR count). The first-order chi connectivity index (χ1) is 14.9. The van der Waals surface area contributed by atoms with Crippen LogP contribution >= 0.6 is 0 Å². The number of sulfone groups is 1. The number of aliphatic hydroxyl groups excluding tert-OH is 1. The maximum Gasteiger partial charge on any atom is 0.319 e. The third-order valence-corrected chi connectivity index (χ3v) is 8.99. The van der Waals surface area contributed by atoms with Crippen LogP contribution in [0.15, 0.2) is 30.3 Å². The van der Waals surface area contributed by atoms with Crippen molar-refractivity contribution in [2.24, 2.45) is 0 Å². The van der Waals surface area contributed by atoms with Crippen LogP contribution in [-0.2, 0) is 14.6 Å². The molecular weight excluding hydrogens is 418 g/mol. The number of amides is 2. The largest absolute Gasteiger partial charge is 0.395 e. The maximum absolute atomic E-state index is 13.3. The Balaban J connectivity index is 1.63. The van der Waals surface area contributed by atoms with Crippen molar-refractivity contribution in [1.29, 1.82) is 0 Å². The first kappa shape index (κ1) is 21.5. The summed E-state index contributed by atoms with van der Waals surface area (Å²) in [6.45, 7) is 0.0226. The zero-order valence-corrected chi connectivity index (χ0v) is 18.0. The number of aliphatic hydroxyl groups is 1. The van der Waals surface area contributed by atoms with Crippen LogP contribution in [0, 0.1) is 0 Å². The van der Waals surface area contributed by atoms with Crippen molar-refractivity contribution in [3.63, 3.8) is 0 Å². The second kappa shape index (κ2) is 8.43. The fourth-order valence-corrected chi connectivity index (χ4v) is 6.85. The number of carbonyl (C=O) groups is 1. The van der Waals surface area contributed by atoms with Gasteiger partial charge in [-0.2, -0.15) is 0 Å². The summed E-state index contributed by atoms with van der Waals surface area (Å²) < 4.78 is 25.7. The minimum Gasteiger partial charge on any atom is -0.395 e. The number of anilines is 2. The van der Waals surface area contributed by atoms with Crippen LogP contribution in [0.3, 0.4) is 0 Å². The van der Waals surface area contributed by atoms with E-state index in [1.54, 1.807) is 30.3 Å². The van der Waals surface area contributed by atoms with E-state index in [4.69, 9.17) is 10.8 Å². The molecule has 0 spiro atoms. The zero-order chi connectivity index (χ0) is 22.1. The van der Waals surface area contributed by atoms with Crippen LogP contribution < -0.4 is 16.4 Å². The summed E-state index contributed by atoms with van der Waals surface area (Å²) in [4.78, 5) is 20.7. The van der Waals surface area contributed by atoms with Crippen LogP contribution in [0.25, 0.3) is 11.4 Å². The summed E-state index contributed by atoms with van der Waals surface area (Å²) in [6.07, 6.45) is 4.27. The Morgan fingerprint density at radius 1 is 1.16 bits per heavy atom. The number of nitrogens with zero attached hydrogens (tertiary/aromatic N) is 2. The molecule has 0 aliphatic heterocycles. The minimum atomic E-state index is -3.34. The van der Waals surface area contributed by atoms with E-state index in [2.05, 4.69) is 20.6 Å². The monoisotopic (exact) mass is 445 g/mol. The Morgan fingerprint density at radius 2 is 1.84 bits per heavy atom. The van der Waals surface area contributed by atoms with E-state index in [0.29, 0.717) is 35.6 Å². The maximum atomic E-state index is 13.3. The molecular formula is C21H27N5O4S. The molecule has 0 radical (unpaired) electrons. The predicted molar refractivity (Wildman–Crippen MR) is 118 cm³/mol. The highest BCUT2D eigenvalue weighted by molar-refractivity contribution is 7.93. The van der Waals surface area contributed by atoms with Crippen molar-refractivity contribution in [2.75, 3.05) is 24.2 Å². The van der Waals surface area contributed by atoms with Gasteiger partial charge in [-0.05, 0) is 49.9 Å². The molecule has 5 N–H and O–H groups in total. The topological polar surface area (TPSA) is 147 Å². The lowest BCUT2D eigenvalue weighted by atomic mass is 10.0. The molecule has 0 unspecified atom stereocenters. The summed E-state index contributed by atoms with van der Waals surface area (Å²) in [5, 5.41) is 13.7.